The molecule has 22 heavy (non-hydrogen) atoms. The number of hydrogen-bond acceptors (Lipinski definition) is 5. The SMILES string of the molecule is CCCOc1ccc(-c2nnc(NN)c3ccccc23)cc1. The zero-order chi connectivity index (χ0) is 15.4. The van der Waals surface area contributed by atoms with Crippen molar-refractivity contribution in [2.45, 2.75) is 13.3 Å². The van der Waals surface area contributed by atoms with Crippen LogP contribution in [0, 0.1) is 0 Å². The van der Waals surface area contributed by atoms with Crippen molar-refractivity contribution in [1.29, 1.82) is 0 Å². The van der Waals surface area contributed by atoms with Crippen molar-refractivity contribution in [3.63, 3.8) is 0 Å². The number of rotatable bonds is 5. The molecule has 0 aliphatic carbocycles. The Morgan fingerprint density at radius 1 is 1.00 bits per heavy atom. The fourth-order valence-electron chi connectivity index (χ4n) is 2.35. The molecular formula is C17H18N4O. The molecule has 0 aliphatic rings. The number of nitrogens with two attached hydrogens (primary N) is 1. The van der Waals surface area contributed by atoms with Crippen molar-refractivity contribution >= 4 is 16.6 Å². The van der Waals surface area contributed by atoms with Gasteiger partial charge in [-0.25, -0.2) is 5.84 Å². The van der Waals surface area contributed by atoms with Gasteiger partial charge in [-0.1, -0.05) is 31.2 Å². The number of benzene rings is 2. The molecule has 0 saturated heterocycles. The van der Waals surface area contributed by atoms with E-state index in [-0.39, 0.29) is 0 Å². The number of hydrogen-bond donors (Lipinski definition) is 2. The molecule has 2 aromatic carbocycles. The Hall–Kier alpha value is -2.66. The first-order valence-corrected chi connectivity index (χ1v) is 7.28. The van der Waals surface area contributed by atoms with Gasteiger partial charge in [-0.15, -0.1) is 10.2 Å². The fraction of sp³-hybridized carbons (Fsp3) is 0.176. The minimum Gasteiger partial charge on any atom is -0.494 e. The van der Waals surface area contributed by atoms with Gasteiger partial charge in [0.05, 0.1) is 6.61 Å². The van der Waals surface area contributed by atoms with Gasteiger partial charge in [0.15, 0.2) is 5.82 Å². The van der Waals surface area contributed by atoms with E-state index in [1.54, 1.807) is 0 Å². The van der Waals surface area contributed by atoms with Crippen molar-refractivity contribution in [3.05, 3.63) is 48.5 Å². The highest BCUT2D eigenvalue weighted by atomic mass is 16.5. The molecule has 3 rings (SSSR count). The maximum atomic E-state index is 5.61. The summed E-state index contributed by atoms with van der Waals surface area (Å²) in [5, 5.41) is 10.4. The van der Waals surface area contributed by atoms with Gasteiger partial charge in [0.2, 0.25) is 0 Å². The molecule has 3 N–H and O–H groups in total. The molecule has 0 aliphatic heterocycles. The van der Waals surface area contributed by atoms with Crippen LogP contribution in [0.15, 0.2) is 48.5 Å². The summed E-state index contributed by atoms with van der Waals surface area (Å²) in [5.41, 5.74) is 4.41. The largest absolute Gasteiger partial charge is 0.494 e. The summed E-state index contributed by atoms with van der Waals surface area (Å²) in [6.45, 7) is 2.81. The quantitative estimate of drug-likeness (QED) is 0.557. The van der Waals surface area contributed by atoms with E-state index >= 15 is 0 Å². The monoisotopic (exact) mass is 294 g/mol. The molecule has 0 bridgehead atoms. The van der Waals surface area contributed by atoms with E-state index in [1.807, 2.05) is 48.5 Å². The number of nitrogens with one attached hydrogen (secondary N) is 1. The van der Waals surface area contributed by atoms with Gasteiger partial charge in [-0.05, 0) is 30.7 Å². The molecule has 5 nitrogen and oxygen atoms in total. The van der Waals surface area contributed by atoms with Crippen molar-refractivity contribution in [1.82, 2.24) is 10.2 Å². The lowest BCUT2D eigenvalue weighted by Crippen LogP contribution is -2.10. The fourth-order valence-corrected chi connectivity index (χ4v) is 2.35. The molecule has 3 aromatic rings. The minimum absolute atomic E-state index is 0.572. The van der Waals surface area contributed by atoms with Crippen LogP contribution in [0.4, 0.5) is 5.82 Å². The summed E-state index contributed by atoms with van der Waals surface area (Å²) < 4.78 is 5.61. The van der Waals surface area contributed by atoms with Crippen molar-refractivity contribution < 1.29 is 4.74 Å². The summed E-state index contributed by atoms with van der Waals surface area (Å²) >= 11 is 0. The highest BCUT2D eigenvalue weighted by Crippen LogP contribution is 2.30. The zero-order valence-electron chi connectivity index (χ0n) is 12.4. The molecule has 1 aromatic heterocycles. The van der Waals surface area contributed by atoms with Crippen LogP contribution >= 0.6 is 0 Å². The Morgan fingerprint density at radius 3 is 2.41 bits per heavy atom. The predicted octanol–water partition coefficient (Wildman–Crippen LogP) is 3.37. The molecule has 0 amide bonds. The first kappa shape index (κ1) is 14.3. The first-order valence-electron chi connectivity index (χ1n) is 7.28. The third-order valence-corrected chi connectivity index (χ3v) is 3.42. The number of anilines is 1. The number of fused-ring (bicyclic) bond motifs is 1. The van der Waals surface area contributed by atoms with Crippen molar-refractivity contribution in [2.24, 2.45) is 5.84 Å². The number of aromatic nitrogens is 2. The van der Waals surface area contributed by atoms with Crippen LogP contribution in [0.2, 0.25) is 0 Å². The molecule has 1 heterocycles. The van der Waals surface area contributed by atoms with Gasteiger partial charge < -0.3 is 10.2 Å². The summed E-state index contributed by atoms with van der Waals surface area (Å²) in [4.78, 5) is 0. The Balaban J connectivity index is 2.03. The molecule has 0 fully saturated rings. The molecule has 5 heteroatoms. The van der Waals surface area contributed by atoms with E-state index in [2.05, 4.69) is 22.5 Å². The number of hydrazine groups is 1. The smallest absolute Gasteiger partial charge is 0.170 e. The second-order valence-corrected chi connectivity index (χ2v) is 4.96. The van der Waals surface area contributed by atoms with Gasteiger partial charge in [-0.3, -0.25) is 0 Å². The second-order valence-electron chi connectivity index (χ2n) is 4.96. The third-order valence-electron chi connectivity index (χ3n) is 3.42. The highest BCUT2D eigenvalue weighted by molar-refractivity contribution is 5.99. The molecule has 0 radical (unpaired) electrons. The first-order chi connectivity index (χ1) is 10.8. The second kappa shape index (κ2) is 6.41. The van der Waals surface area contributed by atoms with E-state index in [9.17, 15) is 0 Å². The number of ether oxygens (including phenoxy) is 1. The van der Waals surface area contributed by atoms with Crippen molar-refractivity contribution in [3.8, 4) is 17.0 Å². The van der Waals surface area contributed by atoms with E-state index in [0.717, 1.165) is 40.8 Å². The molecule has 0 atom stereocenters. The van der Waals surface area contributed by atoms with Crippen molar-refractivity contribution in [2.75, 3.05) is 12.0 Å². The minimum atomic E-state index is 0.572. The van der Waals surface area contributed by atoms with E-state index in [1.165, 1.54) is 0 Å². The average molecular weight is 294 g/mol. The normalized spacial score (nSPS) is 10.6. The van der Waals surface area contributed by atoms with Gasteiger partial charge in [0.1, 0.15) is 11.4 Å². The van der Waals surface area contributed by atoms with Crippen LogP contribution in [-0.2, 0) is 0 Å². The van der Waals surface area contributed by atoms with Crippen LogP contribution < -0.4 is 16.0 Å². The summed E-state index contributed by atoms with van der Waals surface area (Å²) in [6, 6.07) is 15.8. The lowest BCUT2D eigenvalue weighted by molar-refractivity contribution is 0.317. The highest BCUT2D eigenvalue weighted by Gasteiger charge is 2.10. The summed E-state index contributed by atoms with van der Waals surface area (Å²) in [6.07, 6.45) is 0.991. The molecule has 112 valence electrons. The van der Waals surface area contributed by atoms with Gasteiger partial charge >= 0.3 is 0 Å². The van der Waals surface area contributed by atoms with Gasteiger partial charge in [0, 0.05) is 16.3 Å². The number of nitrogens with zero attached hydrogens (tertiary/aromatic N) is 2. The van der Waals surface area contributed by atoms with E-state index in [0.29, 0.717) is 5.82 Å². The lowest BCUT2D eigenvalue weighted by atomic mass is 10.0. The van der Waals surface area contributed by atoms with Gasteiger partial charge in [0.25, 0.3) is 0 Å². The Kier molecular flexibility index (Phi) is 4.16. The van der Waals surface area contributed by atoms with Crippen LogP contribution in [0.3, 0.4) is 0 Å². The standard InChI is InChI=1S/C17H18N4O/c1-2-11-22-13-9-7-12(8-10-13)16-14-5-3-4-6-15(14)17(19-18)21-20-16/h3-10H,2,11,18H2,1H3,(H,19,21). The summed E-state index contributed by atoms with van der Waals surface area (Å²) in [7, 11) is 0. The molecule has 0 unspecified atom stereocenters. The summed E-state index contributed by atoms with van der Waals surface area (Å²) in [5.74, 6) is 6.94. The Labute approximate surface area is 129 Å². The van der Waals surface area contributed by atoms with Crippen LogP contribution in [0.5, 0.6) is 5.75 Å². The maximum Gasteiger partial charge on any atom is 0.170 e. The van der Waals surface area contributed by atoms with Crippen LogP contribution in [-0.4, -0.2) is 16.8 Å². The average Bonchev–Trinajstić information content (AvgIpc) is 2.59. The van der Waals surface area contributed by atoms with E-state index in [4.69, 9.17) is 10.6 Å². The lowest BCUT2D eigenvalue weighted by Gasteiger charge is -2.09. The van der Waals surface area contributed by atoms with E-state index < -0.39 is 0 Å². The molecule has 0 saturated carbocycles. The molecular weight excluding hydrogens is 276 g/mol. The Morgan fingerprint density at radius 2 is 1.73 bits per heavy atom. The Bertz CT molecular complexity index is 771. The molecule has 0 spiro atoms. The predicted molar refractivity (Wildman–Crippen MR) is 88.6 cm³/mol. The van der Waals surface area contributed by atoms with Crippen LogP contribution in [0.25, 0.3) is 22.0 Å². The van der Waals surface area contributed by atoms with Gasteiger partial charge in [-0.2, -0.15) is 0 Å². The van der Waals surface area contributed by atoms with Crippen LogP contribution in [0.1, 0.15) is 13.3 Å². The maximum absolute atomic E-state index is 5.61. The third kappa shape index (κ3) is 2.71. The number of nitrogen functional groups attached to an aromatic ring is 1. The topological polar surface area (TPSA) is 73.1 Å². The zero-order valence-corrected chi connectivity index (χ0v) is 12.4.